The molecule has 0 amide bonds. The molecule has 0 saturated carbocycles. The Labute approximate surface area is 104 Å². The van der Waals surface area contributed by atoms with Crippen LogP contribution in [-0.2, 0) is 6.54 Å². The monoisotopic (exact) mass is 319 g/mol. The molecule has 0 aromatic heterocycles. The third-order valence-electron chi connectivity index (χ3n) is 2.84. The van der Waals surface area contributed by atoms with Crippen molar-refractivity contribution in [1.29, 1.82) is 0 Å². The van der Waals surface area contributed by atoms with Gasteiger partial charge in [0.25, 0.3) is 0 Å². The van der Waals surface area contributed by atoms with Crippen molar-refractivity contribution in [3.8, 4) is 0 Å². The number of hydrogen-bond donors (Lipinski definition) is 0. The Balaban J connectivity index is 1.89. The summed E-state index contributed by atoms with van der Waals surface area (Å²) in [7, 11) is 0. The lowest BCUT2D eigenvalue weighted by Gasteiger charge is -2.28. The zero-order chi connectivity index (χ0) is 10.7. The van der Waals surface area contributed by atoms with Crippen LogP contribution < -0.4 is 0 Å². The maximum absolute atomic E-state index is 12.9. The van der Waals surface area contributed by atoms with Gasteiger partial charge in [-0.1, -0.05) is 12.1 Å². The first-order chi connectivity index (χ1) is 7.24. The van der Waals surface area contributed by atoms with E-state index in [0.29, 0.717) is 12.8 Å². The highest BCUT2D eigenvalue weighted by molar-refractivity contribution is 14.1. The molecular formula is C12H15FIN. The van der Waals surface area contributed by atoms with Crippen molar-refractivity contribution in [3.05, 3.63) is 33.4 Å². The van der Waals surface area contributed by atoms with Crippen molar-refractivity contribution in [1.82, 2.24) is 4.90 Å². The topological polar surface area (TPSA) is 3.24 Å². The Bertz CT molecular complexity index is 304. The van der Waals surface area contributed by atoms with Crippen molar-refractivity contribution >= 4 is 22.6 Å². The molecular weight excluding hydrogens is 304 g/mol. The van der Waals surface area contributed by atoms with E-state index in [9.17, 15) is 4.39 Å². The van der Waals surface area contributed by atoms with Crippen LogP contribution in [0.3, 0.4) is 0 Å². The number of benzene rings is 1. The Kier molecular flexibility index (Phi) is 3.97. The number of halogens is 2. The van der Waals surface area contributed by atoms with Crippen molar-refractivity contribution in [2.75, 3.05) is 13.1 Å². The second kappa shape index (κ2) is 5.25. The number of likely N-dealkylation sites (tertiary alicyclic amines) is 1. The highest BCUT2D eigenvalue weighted by Gasteiger charge is 2.17. The lowest BCUT2D eigenvalue weighted by atomic mass is 10.1. The van der Waals surface area contributed by atoms with Crippen molar-refractivity contribution < 1.29 is 4.39 Å². The molecule has 1 aliphatic rings. The van der Waals surface area contributed by atoms with Crippen LogP contribution >= 0.6 is 22.6 Å². The van der Waals surface area contributed by atoms with Crippen LogP contribution in [0.1, 0.15) is 18.4 Å². The molecule has 1 aliphatic heterocycles. The molecule has 0 N–H and O–H groups in total. The Morgan fingerprint density at radius 3 is 2.40 bits per heavy atom. The van der Waals surface area contributed by atoms with E-state index in [2.05, 4.69) is 51.8 Å². The minimum atomic E-state index is -0.571. The van der Waals surface area contributed by atoms with E-state index in [1.165, 1.54) is 9.13 Å². The first kappa shape index (κ1) is 11.3. The first-order valence-electron chi connectivity index (χ1n) is 5.35. The van der Waals surface area contributed by atoms with Gasteiger partial charge >= 0.3 is 0 Å². The summed E-state index contributed by atoms with van der Waals surface area (Å²) in [6.45, 7) is 2.75. The lowest BCUT2D eigenvalue weighted by molar-refractivity contribution is 0.145. The van der Waals surface area contributed by atoms with Gasteiger partial charge in [-0.25, -0.2) is 4.39 Å². The molecule has 1 aromatic carbocycles. The number of rotatable bonds is 2. The van der Waals surface area contributed by atoms with Gasteiger partial charge in [0.2, 0.25) is 0 Å². The molecule has 0 atom stereocenters. The highest BCUT2D eigenvalue weighted by atomic mass is 127. The fourth-order valence-electron chi connectivity index (χ4n) is 1.91. The fourth-order valence-corrected chi connectivity index (χ4v) is 2.27. The van der Waals surface area contributed by atoms with E-state index in [0.717, 1.165) is 19.6 Å². The van der Waals surface area contributed by atoms with Gasteiger partial charge in [-0.05, 0) is 53.1 Å². The van der Waals surface area contributed by atoms with Gasteiger partial charge in [0.15, 0.2) is 0 Å². The number of hydrogen-bond acceptors (Lipinski definition) is 1. The third kappa shape index (κ3) is 3.41. The number of nitrogens with zero attached hydrogens (tertiary/aromatic N) is 1. The second-order valence-corrected chi connectivity index (χ2v) is 5.32. The number of piperidine rings is 1. The molecule has 82 valence electrons. The predicted molar refractivity (Wildman–Crippen MR) is 68.6 cm³/mol. The van der Waals surface area contributed by atoms with Gasteiger partial charge in [-0.15, -0.1) is 0 Å². The van der Waals surface area contributed by atoms with Crippen LogP contribution in [0, 0.1) is 3.57 Å². The van der Waals surface area contributed by atoms with E-state index in [1.807, 2.05) is 0 Å². The molecule has 0 unspecified atom stereocenters. The quantitative estimate of drug-likeness (QED) is 0.757. The van der Waals surface area contributed by atoms with Gasteiger partial charge in [0.05, 0.1) is 0 Å². The van der Waals surface area contributed by atoms with Gasteiger partial charge in [-0.2, -0.15) is 0 Å². The summed E-state index contributed by atoms with van der Waals surface area (Å²) in [5.41, 5.74) is 1.33. The van der Waals surface area contributed by atoms with Gasteiger partial charge in [0.1, 0.15) is 6.17 Å². The largest absolute Gasteiger partial charge is 0.299 e. The maximum atomic E-state index is 12.9. The molecule has 0 aliphatic carbocycles. The SMILES string of the molecule is FC1CCN(Cc2ccc(I)cc2)CC1. The summed E-state index contributed by atoms with van der Waals surface area (Å²) >= 11 is 2.31. The Hall–Kier alpha value is -0.160. The molecule has 1 fully saturated rings. The molecule has 1 heterocycles. The molecule has 0 spiro atoms. The minimum absolute atomic E-state index is 0.571. The summed E-state index contributed by atoms with van der Waals surface area (Å²) in [5.74, 6) is 0. The average Bonchev–Trinajstić information content (AvgIpc) is 2.25. The van der Waals surface area contributed by atoms with Crippen LogP contribution in [0.5, 0.6) is 0 Å². The molecule has 3 heteroatoms. The summed E-state index contributed by atoms with van der Waals surface area (Å²) in [4.78, 5) is 2.33. The van der Waals surface area contributed by atoms with E-state index in [-0.39, 0.29) is 0 Å². The Morgan fingerprint density at radius 1 is 1.20 bits per heavy atom. The van der Waals surface area contributed by atoms with Crippen LogP contribution in [0.25, 0.3) is 0 Å². The molecule has 2 rings (SSSR count). The third-order valence-corrected chi connectivity index (χ3v) is 3.56. The molecule has 15 heavy (non-hydrogen) atoms. The Morgan fingerprint density at radius 2 is 1.80 bits per heavy atom. The van der Waals surface area contributed by atoms with Crippen molar-refractivity contribution in [2.24, 2.45) is 0 Å². The van der Waals surface area contributed by atoms with Crippen LogP contribution in [0.4, 0.5) is 4.39 Å². The second-order valence-electron chi connectivity index (χ2n) is 4.08. The first-order valence-corrected chi connectivity index (χ1v) is 6.43. The predicted octanol–water partition coefficient (Wildman–Crippen LogP) is 3.23. The molecule has 1 nitrogen and oxygen atoms in total. The minimum Gasteiger partial charge on any atom is -0.299 e. The summed E-state index contributed by atoms with van der Waals surface area (Å²) in [6, 6.07) is 8.56. The normalized spacial score (nSPS) is 19.3. The van der Waals surface area contributed by atoms with E-state index >= 15 is 0 Å². The number of alkyl halides is 1. The smallest absolute Gasteiger partial charge is 0.103 e. The van der Waals surface area contributed by atoms with Crippen LogP contribution in [0.15, 0.2) is 24.3 Å². The maximum Gasteiger partial charge on any atom is 0.103 e. The lowest BCUT2D eigenvalue weighted by Crippen LogP contribution is -2.33. The highest BCUT2D eigenvalue weighted by Crippen LogP contribution is 2.16. The summed E-state index contributed by atoms with van der Waals surface area (Å²) in [5, 5.41) is 0. The van der Waals surface area contributed by atoms with E-state index in [4.69, 9.17) is 0 Å². The molecule has 0 bridgehead atoms. The average molecular weight is 319 g/mol. The summed E-state index contributed by atoms with van der Waals surface area (Å²) in [6.07, 6.45) is 0.826. The molecule has 0 radical (unpaired) electrons. The van der Waals surface area contributed by atoms with Crippen LogP contribution in [0.2, 0.25) is 0 Å². The van der Waals surface area contributed by atoms with Gasteiger partial charge in [-0.3, -0.25) is 4.90 Å². The van der Waals surface area contributed by atoms with Crippen LogP contribution in [-0.4, -0.2) is 24.2 Å². The van der Waals surface area contributed by atoms with Crippen molar-refractivity contribution in [2.45, 2.75) is 25.6 Å². The summed E-state index contributed by atoms with van der Waals surface area (Å²) < 4.78 is 14.2. The standard InChI is InChI=1S/C12H15FIN/c13-11-5-7-15(8-6-11)9-10-1-3-12(14)4-2-10/h1-4,11H,5-9H2. The van der Waals surface area contributed by atoms with Gasteiger partial charge in [0, 0.05) is 23.2 Å². The van der Waals surface area contributed by atoms with E-state index < -0.39 is 6.17 Å². The van der Waals surface area contributed by atoms with E-state index in [1.54, 1.807) is 0 Å². The zero-order valence-electron chi connectivity index (χ0n) is 8.63. The fraction of sp³-hybridized carbons (Fsp3) is 0.500. The zero-order valence-corrected chi connectivity index (χ0v) is 10.8. The molecule has 1 aromatic rings. The van der Waals surface area contributed by atoms with Gasteiger partial charge < -0.3 is 0 Å². The van der Waals surface area contributed by atoms with Crippen molar-refractivity contribution in [3.63, 3.8) is 0 Å². The molecule has 1 saturated heterocycles.